The second kappa shape index (κ2) is 6.69. The van der Waals surface area contributed by atoms with Crippen molar-refractivity contribution in [1.29, 1.82) is 0 Å². The van der Waals surface area contributed by atoms with Crippen LogP contribution in [0.1, 0.15) is 41.5 Å². The minimum Gasteiger partial charge on any atom is -0.305 e. The number of rotatable bonds is 3. The van der Waals surface area contributed by atoms with E-state index in [1.807, 2.05) is 17.6 Å². The van der Waals surface area contributed by atoms with Gasteiger partial charge in [0.1, 0.15) is 0 Å². The highest BCUT2D eigenvalue weighted by Gasteiger charge is 2.13. The van der Waals surface area contributed by atoms with Crippen molar-refractivity contribution in [2.75, 3.05) is 0 Å². The van der Waals surface area contributed by atoms with E-state index in [0.29, 0.717) is 23.0 Å². The van der Waals surface area contributed by atoms with Crippen molar-refractivity contribution in [3.8, 4) is 12.3 Å². The van der Waals surface area contributed by atoms with E-state index in [2.05, 4.69) is 42.0 Å². The Bertz CT molecular complexity index is 1040. The van der Waals surface area contributed by atoms with Gasteiger partial charge in [-0.25, -0.2) is 0 Å². The zero-order chi connectivity index (χ0) is 18.1. The van der Waals surface area contributed by atoms with Crippen molar-refractivity contribution in [1.82, 2.24) is 14.3 Å². The maximum atomic E-state index is 12.5. The molecule has 0 saturated carbocycles. The number of nitrogens with zero attached hydrogens (tertiary/aromatic N) is 4. The van der Waals surface area contributed by atoms with E-state index in [0.717, 1.165) is 15.9 Å². The van der Waals surface area contributed by atoms with E-state index >= 15 is 0 Å². The first kappa shape index (κ1) is 17.2. The van der Waals surface area contributed by atoms with Crippen LogP contribution in [0.2, 0.25) is 0 Å². The molecule has 0 atom stereocenters. The molecular weight excluding hydrogens is 332 g/mol. The number of carbonyl (C=O) groups is 1. The van der Waals surface area contributed by atoms with Gasteiger partial charge in [-0.2, -0.15) is 10.1 Å². The molecule has 3 rings (SSSR count). The average molecular weight is 352 g/mol. The molecule has 0 saturated heterocycles. The Balaban J connectivity index is 2.15. The topological polar surface area (TPSA) is 52.2 Å². The first-order chi connectivity index (χ1) is 11.9. The van der Waals surface area contributed by atoms with Crippen LogP contribution in [0.25, 0.3) is 10.2 Å². The summed E-state index contributed by atoms with van der Waals surface area (Å²) in [6.07, 6.45) is 5.51. The second-order valence-corrected chi connectivity index (χ2v) is 7.28. The van der Waals surface area contributed by atoms with Crippen LogP contribution in [0, 0.1) is 19.3 Å². The summed E-state index contributed by atoms with van der Waals surface area (Å²) in [5.41, 5.74) is 3.50. The van der Waals surface area contributed by atoms with E-state index in [1.165, 1.54) is 16.9 Å². The maximum Gasteiger partial charge on any atom is 0.300 e. The molecule has 2 aromatic heterocycles. The molecule has 128 valence electrons. The average Bonchev–Trinajstić information content (AvgIpc) is 3.08. The first-order valence-electron chi connectivity index (χ1n) is 8.07. The Kier molecular flexibility index (Phi) is 4.60. The Morgan fingerprint density at radius 1 is 1.40 bits per heavy atom. The summed E-state index contributed by atoms with van der Waals surface area (Å²) >= 11 is 1.47. The van der Waals surface area contributed by atoms with Gasteiger partial charge in [0.05, 0.1) is 16.8 Å². The van der Waals surface area contributed by atoms with Crippen LogP contribution in [0.4, 0.5) is 0 Å². The Morgan fingerprint density at radius 2 is 2.16 bits per heavy atom. The summed E-state index contributed by atoms with van der Waals surface area (Å²) in [7, 11) is 1.80. The van der Waals surface area contributed by atoms with Gasteiger partial charge in [-0.05, 0) is 36.6 Å². The number of hydrogen-bond acceptors (Lipinski definition) is 3. The third kappa shape index (κ3) is 3.28. The molecule has 0 bridgehead atoms. The Hall–Kier alpha value is -2.65. The fourth-order valence-electron chi connectivity index (χ4n) is 2.59. The SMILES string of the molecule is C#CCn1c(=NC(=O)c2cc(C)n(C)n2)sc2cc(C(C)C)ccc21. The summed E-state index contributed by atoms with van der Waals surface area (Å²) in [6, 6.07) is 8.03. The summed E-state index contributed by atoms with van der Waals surface area (Å²) in [4.78, 5) is 17.4. The Morgan fingerprint density at radius 3 is 2.76 bits per heavy atom. The van der Waals surface area contributed by atoms with Crippen LogP contribution in [-0.2, 0) is 13.6 Å². The van der Waals surface area contributed by atoms with E-state index in [-0.39, 0.29) is 5.91 Å². The van der Waals surface area contributed by atoms with Crippen molar-refractivity contribution in [2.24, 2.45) is 12.0 Å². The van der Waals surface area contributed by atoms with Crippen LogP contribution >= 0.6 is 11.3 Å². The molecule has 0 aliphatic carbocycles. The van der Waals surface area contributed by atoms with Gasteiger partial charge in [-0.15, -0.1) is 6.42 Å². The van der Waals surface area contributed by atoms with Gasteiger partial charge < -0.3 is 4.57 Å². The summed E-state index contributed by atoms with van der Waals surface area (Å²) in [6.45, 7) is 6.58. The number of amides is 1. The normalized spacial score (nSPS) is 12.1. The summed E-state index contributed by atoms with van der Waals surface area (Å²) in [5.74, 6) is 2.72. The molecule has 1 amide bonds. The highest BCUT2D eigenvalue weighted by Crippen LogP contribution is 2.23. The molecule has 1 aromatic carbocycles. The molecule has 25 heavy (non-hydrogen) atoms. The number of aromatic nitrogens is 3. The third-order valence-corrected chi connectivity index (χ3v) is 5.19. The van der Waals surface area contributed by atoms with Gasteiger partial charge in [0, 0.05) is 12.7 Å². The number of benzene rings is 1. The van der Waals surface area contributed by atoms with E-state index < -0.39 is 0 Å². The maximum absolute atomic E-state index is 12.5. The molecule has 0 spiro atoms. The lowest BCUT2D eigenvalue weighted by molar-refractivity contribution is 0.0992. The highest BCUT2D eigenvalue weighted by atomic mass is 32.1. The van der Waals surface area contributed by atoms with Crippen molar-refractivity contribution in [2.45, 2.75) is 33.2 Å². The number of hydrogen-bond donors (Lipinski definition) is 0. The summed E-state index contributed by atoms with van der Waals surface area (Å²) < 4.78 is 4.64. The van der Waals surface area contributed by atoms with Crippen LogP contribution < -0.4 is 4.80 Å². The molecule has 0 N–H and O–H groups in total. The molecular formula is C19H20N4OS. The number of thiazole rings is 1. The van der Waals surface area contributed by atoms with Gasteiger partial charge in [0.15, 0.2) is 10.5 Å². The van der Waals surface area contributed by atoms with Crippen molar-refractivity contribution in [3.05, 3.63) is 46.0 Å². The van der Waals surface area contributed by atoms with Gasteiger partial charge in [0.2, 0.25) is 0 Å². The number of carbonyl (C=O) groups excluding carboxylic acids is 1. The molecule has 0 aliphatic heterocycles. The highest BCUT2D eigenvalue weighted by molar-refractivity contribution is 7.16. The predicted molar refractivity (Wildman–Crippen MR) is 101 cm³/mol. The van der Waals surface area contributed by atoms with E-state index in [1.54, 1.807) is 17.8 Å². The molecule has 3 aromatic rings. The molecule has 0 unspecified atom stereocenters. The predicted octanol–water partition coefficient (Wildman–Crippen LogP) is 3.24. The Labute approximate surface area is 150 Å². The van der Waals surface area contributed by atoms with Gasteiger partial charge >= 0.3 is 0 Å². The minimum absolute atomic E-state index is 0.340. The van der Waals surface area contributed by atoms with Crippen molar-refractivity contribution >= 4 is 27.5 Å². The minimum atomic E-state index is -0.356. The smallest absolute Gasteiger partial charge is 0.300 e. The van der Waals surface area contributed by atoms with Gasteiger partial charge in [-0.3, -0.25) is 9.48 Å². The quantitative estimate of drug-likeness (QED) is 0.680. The van der Waals surface area contributed by atoms with E-state index in [9.17, 15) is 4.79 Å². The van der Waals surface area contributed by atoms with Crippen LogP contribution in [0.15, 0.2) is 29.3 Å². The lowest BCUT2D eigenvalue weighted by Gasteiger charge is -2.05. The lowest BCUT2D eigenvalue weighted by Crippen LogP contribution is -2.16. The zero-order valence-corrected chi connectivity index (χ0v) is 15.6. The molecule has 0 fully saturated rings. The van der Waals surface area contributed by atoms with Crippen LogP contribution in [-0.4, -0.2) is 20.3 Å². The molecule has 2 heterocycles. The number of fused-ring (bicyclic) bond motifs is 1. The lowest BCUT2D eigenvalue weighted by atomic mass is 10.0. The fraction of sp³-hybridized carbons (Fsp3) is 0.316. The fourth-order valence-corrected chi connectivity index (χ4v) is 3.66. The second-order valence-electron chi connectivity index (χ2n) is 6.27. The molecule has 5 nitrogen and oxygen atoms in total. The van der Waals surface area contributed by atoms with Crippen LogP contribution in [0.3, 0.4) is 0 Å². The molecule has 0 radical (unpaired) electrons. The first-order valence-corrected chi connectivity index (χ1v) is 8.88. The summed E-state index contributed by atoms with van der Waals surface area (Å²) in [5, 5.41) is 4.20. The van der Waals surface area contributed by atoms with Crippen molar-refractivity contribution in [3.63, 3.8) is 0 Å². The third-order valence-electron chi connectivity index (χ3n) is 4.15. The zero-order valence-electron chi connectivity index (χ0n) is 14.8. The largest absolute Gasteiger partial charge is 0.305 e. The van der Waals surface area contributed by atoms with E-state index in [4.69, 9.17) is 6.42 Å². The number of terminal acetylenes is 1. The van der Waals surface area contributed by atoms with Crippen LogP contribution in [0.5, 0.6) is 0 Å². The van der Waals surface area contributed by atoms with Gasteiger partial charge in [0.25, 0.3) is 5.91 Å². The van der Waals surface area contributed by atoms with Crippen molar-refractivity contribution < 1.29 is 4.79 Å². The standard InChI is InChI=1S/C19H20N4OS/c1-6-9-23-16-8-7-14(12(2)3)11-17(16)25-19(23)20-18(24)15-10-13(4)22(5)21-15/h1,7-8,10-12H,9H2,2-5H3. The molecule has 6 heteroatoms. The number of aryl methyl sites for hydroxylation is 2. The monoisotopic (exact) mass is 352 g/mol. The molecule has 0 aliphatic rings. The van der Waals surface area contributed by atoms with Gasteiger partial charge in [-0.1, -0.05) is 37.2 Å².